The second kappa shape index (κ2) is 7.12. The summed E-state index contributed by atoms with van der Waals surface area (Å²) < 4.78 is 5.80. The van der Waals surface area contributed by atoms with Crippen molar-refractivity contribution in [3.05, 3.63) is 65.7 Å². The maximum absolute atomic E-state index is 13.4. The average Bonchev–Trinajstić information content (AvgIpc) is 2.66. The van der Waals surface area contributed by atoms with Gasteiger partial charge in [0, 0.05) is 24.0 Å². The summed E-state index contributed by atoms with van der Waals surface area (Å²) in [5.74, 6) is 0.0483. The van der Waals surface area contributed by atoms with Crippen LogP contribution in [0.15, 0.2) is 54.6 Å². The van der Waals surface area contributed by atoms with Crippen LogP contribution < -0.4 is 0 Å². The Balaban J connectivity index is 1.84. The second-order valence-corrected chi connectivity index (χ2v) is 7.41. The molecule has 4 nitrogen and oxygen atoms in total. The molecule has 1 amide bonds. The van der Waals surface area contributed by atoms with Crippen molar-refractivity contribution in [2.45, 2.75) is 33.0 Å². The van der Waals surface area contributed by atoms with E-state index in [0.29, 0.717) is 18.7 Å². The number of carbonyl (C=O) groups is 1. The highest BCUT2D eigenvalue weighted by atomic mass is 16.5. The molecule has 1 aliphatic rings. The van der Waals surface area contributed by atoms with Crippen LogP contribution in [0.5, 0.6) is 0 Å². The number of nitrogens with zero attached hydrogens (tertiary/aromatic N) is 2. The Labute approximate surface area is 159 Å². The topological polar surface area (TPSA) is 42.4 Å². The summed E-state index contributed by atoms with van der Waals surface area (Å²) in [5, 5.41) is 0.909. The van der Waals surface area contributed by atoms with Crippen molar-refractivity contribution < 1.29 is 9.53 Å². The van der Waals surface area contributed by atoms with E-state index in [1.807, 2.05) is 74.2 Å². The Morgan fingerprint density at radius 2 is 1.74 bits per heavy atom. The van der Waals surface area contributed by atoms with E-state index in [1.54, 1.807) is 0 Å². The third-order valence-corrected chi connectivity index (χ3v) is 4.97. The van der Waals surface area contributed by atoms with Crippen LogP contribution in [0.1, 0.15) is 29.8 Å². The standard InChI is InChI=1S/C23H24N2O2/c1-15-9-10-21-19(11-15)20(12-22(24-21)18-7-5-4-6-8-18)23(26)25-13-16(2)27-17(3)14-25/h4-12,16-17H,13-14H2,1-3H3/t16-,17-/m1/s1. The molecule has 4 rings (SSSR count). The van der Waals surface area contributed by atoms with Crippen molar-refractivity contribution in [1.29, 1.82) is 0 Å². The van der Waals surface area contributed by atoms with Crippen LogP contribution >= 0.6 is 0 Å². The van der Waals surface area contributed by atoms with Crippen molar-refractivity contribution in [1.82, 2.24) is 9.88 Å². The number of pyridine rings is 1. The van der Waals surface area contributed by atoms with Crippen LogP contribution in [-0.2, 0) is 4.74 Å². The molecule has 138 valence electrons. The Hall–Kier alpha value is -2.72. The maximum atomic E-state index is 13.4. The first-order valence-electron chi connectivity index (χ1n) is 9.43. The number of aryl methyl sites for hydroxylation is 1. The molecule has 0 aliphatic carbocycles. The lowest BCUT2D eigenvalue weighted by molar-refractivity contribution is -0.0585. The lowest BCUT2D eigenvalue weighted by Crippen LogP contribution is -2.48. The van der Waals surface area contributed by atoms with E-state index in [2.05, 4.69) is 6.07 Å². The Morgan fingerprint density at radius 1 is 1.04 bits per heavy atom. The maximum Gasteiger partial charge on any atom is 0.254 e. The van der Waals surface area contributed by atoms with Crippen LogP contribution in [-0.4, -0.2) is 41.1 Å². The fraction of sp³-hybridized carbons (Fsp3) is 0.304. The molecule has 3 aromatic rings. The molecule has 2 heterocycles. The minimum atomic E-state index is 0.0427. The van der Waals surface area contributed by atoms with Crippen LogP contribution in [0.3, 0.4) is 0 Å². The fourth-order valence-corrected chi connectivity index (χ4v) is 3.79. The van der Waals surface area contributed by atoms with Gasteiger partial charge in [0.05, 0.1) is 29.0 Å². The van der Waals surface area contributed by atoms with Gasteiger partial charge in [0.2, 0.25) is 0 Å². The van der Waals surface area contributed by atoms with E-state index in [9.17, 15) is 4.79 Å². The molecule has 0 radical (unpaired) electrons. The zero-order valence-corrected chi connectivity index (χ0v) is 16.0. The normalized spacial score (nSPS) is 20.0. The molecular formula is C23H24N2O2. The molecule has 27 heavy (non-hydrogen) atoms. The van der Waals surface area contributed by atoms with E-state index in [4.69, 9.17) is 9.72 Å². The van der Waals surface area contributed by atoms with Gasteiger partial charge in [0.25, 0.3) is 5.91 Å². The number of benzene rings is 2. The molecule has 0 bridgehead atoms. The zero-order chi connectivity index (χ0) is 19.0. The van der Waals surface area contributed by atoms with Gasteiger partial charge < -0.3 is 9.64 Å². The number of carbonyl (C=O) groups excluding carboxylic acids is 1. The molecule has 2 aromatic carbocycles. The summed E-state index contributed by atoms with van der Waals surface area (Å²) in [4.78, 5) is 20.2. The first-order valence-corrected chi connectivity index (χ1v) is 9.43. The largest absolute Gasteiger partial charge is 0.372 e. The van der Waals surface area contributed by atoms with Crippen LogP contribution in [0, 0.1) is 6.92 Å². The number of fused-ring (bicyclic) bond motifs is 1. The minimum absolute atomic E-state index is 0.0427. The predicted octanol–water partition coefficient (Wildman–Crippen LogP) is 4.46. The number of morpholine rings is 1. The van der Waals surface area contributed by atoms with Crippen molar-refractivity contribution in [3.63, 3.8) is 0 Å². The van der Waals surface area contributed by atoms with Gasteiger partial charge in [-0.05, 0) is 39.0 Å². The molecule has 0 spiro atoms. The molecule has 1 aromatic heterocycles. The SMILES string of the molecule is Cc1ccc2nc(-c3ccccc3)cc(C(=O)N3C[C@@H](C)O[C@H](C)C3)c2c1. The van der Waals surface area contributed by atoms with Gasteiger partial charge >= 0.3 is 0 Å². The fourth-order valence-electron chi connectivity index (χ4n) is 3.79. The highest BCUT2D eigenvalue weighted by Gasteiger charge is 2.28. The van der Waals surface area contributed by atoms with Crippen LogP contribution in [0.25, 0.3) is 22.2 Å². The van der Waals surface area contributed by atoms with Crippen molar-refractivity contribution >= 4 is 16.8 Å². The molecule has 0 N–H and O–H groups in total. The predicted molar refractivity (Wildman–Crippen MR) is 108 cm³/mol. The number of aromatic nitrogens is 1. The Morgan fingerprint density at radius 3 is 2.44 bits per heavy atom. The quantitative estimate of drug-likeness (QED) is 0.678. The summed E-state index contributed by atoms with van der Waals surface area (Å²) >= 11 is 0. The highest BCUT2D eigenvalue weighted by Crippen LogP contribution is 2.27. The lowest BCUT2D eigenvalue weighted by Gasteiger charge is -2.35. The summed E-state index contributed by atoms with van der Waals surface area (Å²) in [6.07, 6.45) is 0.0854. The van der Waals surface area contributed by atoms with Gasteiger partial charge in [-0.3, -0.25) is 4.79 Å². The monoisotopic (exact) mass is 360 g/mol. The van der Waals surface area contributed by atoms with Crippen LogP contribution in [0.2, 0.25) is 0 Å². The van der Waals surface area contributed by atoms with Crippen molar-refractivity contribution in [3.8, 4) is 11.3 Å². The minimum Gasteiger partial charge on any atom is -0.372 e. The summed E-state index contributed by atoms with van der Waals surface area (Å²) in [5.41, 5.74) is 4.51. The van der Waals surface area contributed by atoms with E-state index in [0.717, 1.165) is 27.7 Å². The third kappa shape index (κ3) is 3.58. The lowest BCUT2D eigenvalue weighted by atomic mass is 10.0. The molecule has 1 aliphatic heterocycles. The Bertz CT molecular complexity index is 974. The molecular weight excluding hydrogens is 336 g/mol. The molecule has 0 unspecified atom stereocenters. The summed E-state index contributed by atoms with van der Waals surface area (Å²) in [7, 11) is 0. The first-order chi connectivity index (χ1) is 13.0. The van der Waals surface area contributed by atoms with Gasteiger partial charge in [-0.2, -0.15) is 0 Å². The number of hydrogen-bond donors (Lipinski definition) is 0. The van der Waals surface area contributed by atoms with Gasteiger partial charge in [-0.25, -0.2) is 4.98 Å². The Kier molecular flexibility index (Phi) is 4.66. The second-order valence-electron chi connectivity index (χ2n) is 7.41. The number of rotatable bonds is 2. The molecule has 1 saturated heterocycles. The van der Waals surface area contributed by atoms with Crippen molar-refractivity contribution in [2.75, 3.05) is 13.1 Å². The van der Waals surface area contributed by atoms with Gasteiger partial charge in [-0.1, -0.05) is 42.0 Å². The molecule has 1 fully saturated rings. The van der Waals surface area contributed by atoms with Crippen molar-refractivity contribution in [2.24, 2.45) is 0 Å². The van der Waals surface area contributed by atoms with Crippen LogP contribution in [0.4, 0.5) is 0 Å². The van der Waals surface area contributed by atoms with Gasteiger partial charge in [-0.15, -0.1) is 0 Å². The van der Waals surface area contributed by atoms with Gasteiger partial charge in [0.1, 0.15) is 0 Å². The molecule has 4 heteroatoms. The van der Waals surface area contributed by atoms with E-state index in [1.165, 1.54) is 0 Å². The molecule has 2 atom stereocenters. The summed E-state index contributed by atoms with van der Waals surface area (Å²) in [6.45, 7) is 7.29. The van der Waals surface area contributed by atoms with E-state index in [-0.39, 0.29) is 18.1 Å². The van der Waals surface area contributed by atoms with Gasteiger partial charge in [0.15, 0.2) is 0 Å². The summed E-state index contributed by atoms with van der Waals surface area (Å²) in [6, 6.07) is 18.0. The first kappa shape index (κ1) is 17.7. The number of hydrogen-bond acceptors (Lipinski definition) is 3. The zero-order valence-electron chi connectivity index (χ0n) is 16.0. The highest BCUT2D eigenvalue weighted by molar-refractivity contribution is 6.07. The van der Waals surface area contributed by atoms with E-state index < -0.39 is 0 Å². The number of ether oxygens (including phenoxy) is 1. The third-order valence-electron chi connectivity index (χ3n) is 4.97. The molecule has 0 saturated carbocycles. The smallest absolute Gasteiger partial charge is 0.254 e. The average molecular weight is 360 g/mol. The number of amides is 1. The van der Waals surface area contributed by atoms with E-state index >= 15 is 0 Å².